The second kappa shape index (κ2) is 18.9. The quantitative estimate of drug-likeness (QED) is 0.0902. The Morgan fingerprint density at radius 2 is 0.808 bits per heavy atom. The summed E-state index contributed by atoms with van der Waals surface area (Å²) in [7, 11) is -8.09. The molecule has 272 valence electrons. The second-order valence-corrected chi connectivity index (χ2v) is 14.3. The van der Waals surface area contributed by atoms with Gasteiger partial charge in [0.2, 0.25) is 20.0 Å². The van der Waals surface area contributed by atoms with Gasteiger partial charge in [-0.05, 0) is 71.5 Å². The van der Waals surface area contributed by atoms with Crippen molar-refractivity contribution in [3.63, 3.8) is 0 Å². The smallest absolute Gasteiger partial charge is 0.328 e. The van der Waals surface area contributed by atoms with Gasteiger partial charge in [-0.25, -0.2) is 26.4 Å². The third-order valence-corrected chi connectivity index (χ3v) is 9.95. The van der Waals surface area contributed by atoms with Gasteiger partial charge >= 0.3 is 23.9 Å². The molecule has 4 aromatic carbocycles. The number of hydrogen-bond acceptors (Lipinski definition) is 8. The van der Waals surface area contributed by atoms with Gasteiger partial charge < -0.3 is 20.4 Å². The summed E-state index contributed by atoms with van der Waals surface area (Å²) in [4.78, 5) is 43.6. The highest BCUT2D eigenvalue weighted by atomic mass is 32.2. The van der Waals surface area contributed by atoms with Crippen molar-refractivity contribution >= 4 is 56.1 Å². The van der Waals surface area contributed by atoms with Crippen molar-refractivity contribution in [3.8, 4) is 0 Å². The zero-order valence-electron chi connectivity index (χ0n) is 27.1. The Morgan fingerprint density at radius 3 is 1.08 bits per heavy atom. The molecule has 0 radical (unpaired) electrons. The SMILES string of the molecule is O=C(O)/C=C/c1ccc(S(=O)(=O)N[C@H](Cc2ccccc2)C(=O)O)cc1.O=C(O)/C=C/c1ccc(S(=O)(=O)N[C@H](Cc2ccccc2)C(=O)O)cc1. The first kappa shape index (κ1) is 40.5. The molecule has 0 fully saturated rings. The average Bonchev–Trinajstić information content (AvgIpc) is 3.10. The van der Waals surface area contributed by atoms with Crippen LogP contribution in [0, 0.1) is 0 Å². The third kappa shape index (κ3) is 13.4. The number of benzene rings is 4. The first-order valence-electron chi connectivity index (χ1n) is 15.2. The van der Waals surface area contributed by atoms with E-state index in [1.54, 1.807) is 60.7 Å². The van der Waals surface area contributed by atoms with Crippen LogP contribution in [0.4, 0.5) is 0 Å². The molecule has 0 aliphatic heterocycles. The lowest BCUT2D eigenvalue weighted by Gasteiger charge is -2.15. The number of hydrogen-bond donors (Lipinski definition) is 6. The number of carboxylic acids is 4. The Morgan fingerprint density at radius 1 is 0.500 bits per heavy atom. The summed E-state index contributed by atoms with van der Waals surface area (Å²) in [5.74, 6) is -4.79. The lowest BCUT2D eigenvalue weighted by Crippen LogP contribution is -2.42. The van der Waals surface area contributed by atoms with Gasteiger partial charge in [-0.3, -0.25) is 9.59 Å². The largest absolute Gasteiger partial charge is 0.480 e. The minimum atomic E-state index is -4.04. The van der Waals surface area contributed by atoms with Gasteiger partial charge in [-0.2, -0.15) is 9.44 Å². The zero-order valence-corrected chi connectivity index (χ0v) is 28.8. The van der Waals surface area contributed by atoms with Crippen molar-refractivity contribution in [1.29, 1.82) is 0 Å². The monoisotopic (exact) mass is 750 g/mol. The Bertz CT molecular complexity index is 1960. The Kier molecular flexibility index (Phi) is 14.7. The van der Waals surface area contributed by atoms with Crippen LogP contribution in [0.2, 0.25) is 0 Å². The van der Waals surface area contributed by atoms with E-state index < -0.39 is 56.0 Å². The number of carboxylic acid groups (broad SMARTS) is 4. The molecule has 0 unspecified atom stereocenters. The fourth-order valence-electron chi connectivity index (χ4n) is 4.42. The van der Waals surface area contributed by atoms with Gasteiger partial charge in [0.05, 0.1) is 9.79 Å². The van der Waals surface area contributed by atoms with Crippen molar-refractivity contribution < 1.29 is 56.4 Å². The highest BCUT2D eigenvalue weighted by molar-refractivity contribution is 7.89. The van der Waals surface area contributed by atoms with Gasteiger partial charge in [0, 0.05) is 12.2 Å². The molecule has 0 bridgehead atoms. The number of carbonyl (C=O) groups is 4. The number of sulfonamides is 2. The van der Waals surface area contributed by atoms with Crippen molar-refractivity contribution in [2.24, 2.45) is 0 Å². The second-order valence-electron chi connectivity index (χ2n) is 10.9. The van der Waals surface area contributed by atoms with Crippen molar-refractivity contribution in [2.75, 3.05) is 0 Å². The van der Waals surface area contributed by atoms with Crippen LogP contribution >= 0.6 is 0 Å². The molecule has 6 N–H and O–H groups in total. The lowest BCUT2D eigenvalue weighted by atomic mass is 10.1. The molecule has 0 aliphatic rings. The molecule has 0 saturated heterocycles. The van der Waals surface area contributed by atoms with E-state index in [4.69, 9.17) is 10.2 Å². The van der Waals surface area contributed by atoms with Crippen LogP contribution in [0.1, 0.15) is 22.3 Å². The number of rotatable bonds is 16. The van der Waals surface area contributed by atoms with Gasteiger partial charge in [0.1, 0.15) is 12.1 Å². The average molecular weight is 751 g/mol. The van der Waals surface area contributed by atoms with Gasteiger partial charge in [-0.15, -0.1) is 0 Å². The minimum absolute atomic E-state index is 0.00877. The van der Waals surface area contributed by atoms with Gasteiger partial charge in [0.15, 0.2) is 0 Å². The fraction of sp³-hybridized carbons (Fsp3) is 0.111. The van der Waals surface area contributed by atoms with E-state index >= 15 is 0 Å². The van der Waals surface area contributed by atoms with E-state index in [1.807, 2.05) is 0 Å². The summed E-state index contributed by atoms with van der Waals surface area (Å²) in [6.07, 6.45) is 4.52. The van der Waals surface area contributed by atoms with Crippen molar-refractivity contribution in [1.82, 2.24) is 9.44 Å². The topological polar surface area (TPSA) is 242 Å². The third-order valence-electron chi connectivity index (χ3n) is 6.97. The van der Waals surface area contributed by atoms with E-state index in [1.165, 1.54) is 60.7 Å². The van der Waals surface area contributed by atoms with Crippen LogP contribution in [0.3, 0.4) is 0 Å². The van der Waals surface area contributed by atoms with E-state index in [0.717, 1.165) is 12.2 Å². The normalized spacial score (nSPS) is 12.8. The standard InChI is InChI=1S/2C18H17NO6S/c2*20-17(21)11-8-13-6-9-15(10-7-13)26(24,25)19-16(18(22)23)12-14-4-2-1-3-5-14/h2*1-11,16,19H,12H2,(H,20,21)(H,22,23)/b2*11-8+/t2*16-/m11/s1. The summed E-state index contributed by atoms with van der Waals surface area (Å²) in [6, 6.07) is 25.6. The summed E-state index contributed by atoms with van der Waals surface area (Å²) >= 11 is 0. The van der Waals surface area contributed by atoms with Crippen LogP contribution in [-0.2, 0) is 52.1 Å². The Hall–Kier alpha value is -5.94. The maximum absolute atomic E-state index is 12.4. The van der Waals surface area contributed by atoms with Gasteiger partial charge in [-0.1, -0.05) is 84.9 Å². The Balaban J connectivity index is 0.000000280. The zero-order chi connectivity index (χ0) is 38.3. The molecule has 16 heteroatoms. The highest BCUT2D eigenvalue weighted by Gasteiger charge is 2.27. The van der Waals surface area contributed by atoms with E-state index in [0.29, 0.717) is 22.3 Å². The van der Waals surface area contributed by atoms with E-state index in [9.17, 15) is 46.2 Å². The van der Waals surface area contributed by atoms with Crippen LogP contribution in [0.25, 0.3) is 12.2 Å². The number of nitrogens with one attached hydrogen (secondary N) is 2. The minimum Gasteiger partial charge on any atom is -0.480 e. The first-order valence-corrected chi connectivity index (χ1v) is 18.1. The van der Waals surface area contributed by atoms with Crippen LogP contribution in [0.5, 0.6) is 0 Å². The van der Waals surface area contributed by atoms with E-state index in [-0.39, 0.29) is 22.6 Å². The molecule has 52 heavy (non-hydrogen) atoms. The maximum atomic E-state index is 12.4. The predicted octanol–water partition coefficient (Wildman–Crippen LogP) is 3.52. The molecule has 0 spiro atoms. The molecule has 0 amide bonds. The molecule has 4 rings (SSSR count). The first-order chi connectivity index (χ1) is 24.6. The molecule has 0 aliphatic carbocycles. The van der Waals surface area contributed by atoms with Crippen LogP contribution in [-0.4, -0.2) is 73.2 Å². The summed E-state index contributed by atoms with van der Waals surface area (Å²) in [6.45, 7) is 0. The molecular formula is C36H34N2O12S2. The fourth-order valence-corrected chi connectivity index (χ4v) is 6.80. The summed E-state index contributed by atoms with van der Waals surface area (Å²) < 4.78 is 54.1. The van der Waals surface area contributed by atoms with Crippen molar-refractivity contribution in [2.45, 2.75) is 34.7 Å². The van der Waals surface area contributed by atoms with E-state index in [2.05, 4.69) is 9.44 Å². The summed E-state index contributed by atoms with van der Waals surface area (Å²) in [5.41, 5.74) is 2.39. The summed E-state index contributed by atoms with van der Waals surface area (Å²) in [5, 5.41) is 35.8. The van der Waals surface area contributed by atoms with Crippen molar-refractivity contribution in [3.05, 3.63) is 144 Å². The highest BCUT2D eigenvalue weighted by Crippen LogP contribution is 2.15. The Labute approximate surface area is 299 Å². The van der Waals surface area contributed by atoms with Crippen LogP contribution < -0.4 is 9.44 Å². The molecule has 0 saturated carbocycles. The maximum Gasteiger partial charge on any atom is 0.328 e. The molecule has 0 aromatic heterocycles. The molecular weight excluding hydrogens is 717 g/mol. The molecule has 2 atom stereocenters. The van der Waals surface area contributed by atoms with Gasteiger partial charge in [0.25, 0.3) is 0 Å². The lowest BCUT2D eigenvalue weighted by molar-refractivity contribution is -0.139. The van der Waals surface area contributed by atoms with Crippen LogP contribution in [0.15, 0.2) is 131 Å². The molecule has 4 aromatic rings. The molecule has 14 nitrogen and oxygen atoms in total. The predicted molar refractivity (Wildman–Crippen MR) is 190 cm³/mol. The molecule has 0 heterocycles. The number of aliphatic carboxylic acids is 4.